The number of carbonyl (C=O) groups is 2. The number of ether oxygens (including phenoxy) is 2. The molecule has 2 amide bonds. The molecule has 0 saturated carbocycles. The van der Waals surface area contributed by atoms with Gasteiger partial charge in [-0.1, -0.05) is 32.0 Å². The van der Waals surface area contributed by atoms with E-state index in [0.717, 1.165) is 18.4 Å². The third-order valence-corrected chi connectivity index (χ3v) is 5.81. The highest BCUT2D eigenvalue weighted by Crippen LogP contribution is 2.31. The fourth-order valence-electron chi connectivity index (χ4n) is 3.25. The van der Waals surface area contributed by atoms with E-state index in [1.54, 1.807) is 11.4 Å². The summed E-state index contributed by atoms with van der Waals surface area (Å²) in [6.45, 7) is 7.15. The molecule has 0 aliphatic carbocycles. The van der Waals surface area contributed by atoms with Crippen molar-refractivity contribution < 1.29 is 23.5 Å². The van der Waals surface area contributed by atoms with Crippen LogP contribution in [0, 0.1) is 5.82 Å². The summed E-state index contributed by atoms with van der Waals surface area (Å²) >= 11 is 1.18. The number of hydrogen-bond acceptors (Lipinski definition) is 6. The quantitative estimate of drug-likeness (QED) is 0.342. The van der Waals surface area contributed by atoms with Gasteiger partial charge >= 0.3 is 0 Å². The fourth-order valence-corrected chi connectivity index (χ4v) is 3.95. The van der Waals surface area contributed by atoms with E-state index in [4.69, 9.17) is 9.47 Å². The molecule has 0 aliphatic heterocycles. The molecule has 0 spiro atoms. The molecule has 3 rings (SSSR count). The van der Waals surface area contributed by atoms with Gasteiger partial charge in [-0.2, -0.15) is 0 Å². The van der Waals surface area contributed by atoms with Gasteiger partial charge in [0, 0.05) is 5.38 Å². The van der Waals surface area contributed by atoms with Crippen molar-refractivity contribution >= 4 is 28.3 Å². The van der Waals surface area contributed by atoms with Gasteiger partial charge in [-0.3, -0.25) is 14.9 Å². The molecule has 0 bridgehead atoms. The lowest BCUT2D eigenvalue weighted by molar-refractivity contribution is -0.121. The number of rotatable bonds is 12. The second-order valence-electron chi connectivity index (χ2n) is 7.95. The van der Waals surface area contributed by atoms with Crippen molar-refractivity contribution in [3.63, 3.8) is 0 Å². The molecule has 0 saturated heterocycles. The van der Waals surface area contributed by atoms with E-state index in [1.165, 1.54) is 29.5 Å². The predicted molar refractivity (Wildman–Crippen MR) is 135 cm³/mol. The van der Waals surface area contributed by atoms with Crippen molar-refractivity contribution in [1.29, 1.82) is 0 Å². The van der Waals surface area contributed by atoms with Crippen LogP contribution < -0.4 is 20.1 Å². The molecule has 0 fully saturated rings. The standard InChI is InChI=1S/C26H30FN3O4S/c1-4-12-33-22-11-10-18(14-23(22)34-13-5-2)17(3)28-24(31)15-19-16-35-26(29-19)30-25(32)20-8-6-7-9-21(20)27/h6-11,14,16-17H,4-5,12-13,15H2,1-3H3,(H,28,31)(H,29,30,32). The Labute approximate surface area is 208 Å². The first-order chi connectivity index (χ1) is 16.9. The number of nitrogens with one attached hydrogen (secondary N) is 2. The van der Waals surface area contributed by atoms with E-state index in [0.29, 0.717) is 35.5 Å². The van der Waals surface area contributed by atoms with Gasteiger partial charge in [-0.25, -0.2) is 9.37 Å². The molecule has 2 aromatic carbocycles. The minimum atomic E-state index is -0.608. The summed E-state index contributed by atoms with van der Waals surface area (Å²) in [5, 5.41) is 7.53. The number of hydrogen-bond donors (Lipinski definition) is 2. The van der Waals surface area contributed by atoms with Crippen molar-refractivity contribution in [3.8, 4) is 11.5 Å². The molecule has 0 radical (unpaired) electrons. The van der Waals surface area contributed by atoms with Crippen molar-refractivity contribution in [2.24, 2.45) is 0 Å². The summed E-state index contributed by atoms with van der Waals surface area (Å²) in [5.41, 5.74) is 1.34. The molecule has 3 aromatic rings. The SMILES string of the molecule is CCCOc1ccc(C(C)NC(=O)Cc2csc(NC(=O)c3ccccc3F)n2)cc1OCCC. The first kappa shape index (κ1) is 26.2. The van der Waals surface area contributed by atoms with Crippen LogP contribution in [0.5, 0.6) is 11.5 Å². The highest BCUT2D eigenvalue weighted by atomic mass is 32.1. The average Bonchev–Trinajstić information content (AvgIpc) is 3.27. The van der Waals surface area contributed by atoms with Crippen molar-refractivity contribution in [2.75, 3.05) is 18.5 Å². The molecule has 0 aliphatic rings. The molecule has 186 valence electrons. The zero-order valence-corrected chi connectivity index (χ0v) is 20.9. The summed E-state index contributed by atoms with van der Waals surface area (Å²) in [5.74, 6) is -0.0568. The second-order valence-corrected chi connectivity index (χ2v) is 8.81. The fraction of sp³-hybridized carbons (Fsp3) is 0.346. The summed E-state index contributed by atoms with van der Waals surface area (Å²) in [6.07, 6.45) is 1.82. The van der Waals surface area contributed by atoms with Gasteiger partial charge in [0.15, 0.2) is 16.6 Å². The van der Waals surface area contributed by atoms with Gasteiger partial charge in [0.05, 0.1) is 36.9 Å². The molecule has 1 heterocycles. The van der Waals surface area contributed by atoms with Crippen LogP contribution in [0.4, 0.5) is 9.52 Å². The number of amides is 2. The van der Waals surface area contributed by atoms with Crippen LogP contribution in [-0.2, 0) is 11.2 Å². The van der Waals surface area contributed by atoms with Crippen molar-refractivity contribution in [1.82, 2.24) is 10.3 Å². The van der Waals surface area contributed by atoms with E-state index in [1.807, 2.05) is 39.0 Å². The Kier molecular flexibility index (Phi) is 9.60. The minimum Gasteiger partial charge on any atom is -0.490 e. The maximum absolute atomic E-state index is 13.8. The van der Waals surface area contributed by atoms with Crippen LogP contribution in [0.3, 0.4) is 0 Å². The lowest BCUT2D eigenvalue weighted by Gasteiger charge is -2.18. The number of aromatic nitrogens is 1. The number of carbonyl (C=O) groups excluding carboxylic acids is 2. The van der Waals surface area contributed by atoms with Gasteiger partial charge in [-0.15, -0.1) is 11.3 Å². The third-order valence-electron chi connectivity index (χ3n) is 5.00. The lowest BCUT2D eigenvalue weighted by Crippen LogP contribution is -2.28. The molecule has 2 N–H and O–H groups in total. The molecule has 7 nitrogen and oxygen atoms in total. The normalized spacial score (nSPS) is 11.5. The summed E-state index contributed by atoms with van der Waals surface area (Å²) < 4.78 is 25.4. The Balaban J connectivity index is 1.59. The Bertz CT molecular complexity index is 1150. The molecule has 1 atom stereocenters. The van der Waals surface area contributed by atoms with E-state index < -0.39 is 11.7 Å². The number of thiazole rings is 1. The highest BCUT2D eigenvalue weighted by Gasteiger charge is 2.16. The van der Waals surface area contributed by atoms with Gasteiger partial charge < -0.3 is 14.8 Å². The molecular weight excluding hydrogens is 469 g/mol. The summed E-state index contributed by atoms with van der Waals surface area (Å²) in [6, 6.07) is 11.1. The van der Waals surface area contributed by atoms with Crippen LogP contribution >= 0.6 is 11.3 Å². The van der Waals surface area contributed by atoms with Crippen molar-refractivity contribution in [3.05, 3.63) is 70.5 Å². The molecule has 1 aromatic heterocycles. The number of halogens is 1. The maximum Gasteiger partial charge on any atom is 0.260 e. The van der Waals surface area contributed by atoms with Crippen LogP contribution in [0.2, 0.25) is 0 Å². The number of anilines is 1. The van der Waals surface area contributed by atoms with Crippen LogP contribution in [0.1, 0.15) is 61.3 Å². The van der Waals surface area contributed by atoms with E-state index in [2.05, 4.69) is 15.6 Å². The largest absolute Gasteiger partial charge is 0.490 e. The zero-order chi connectivity index (χ0) is 25.2. The van der Waals surface area contributed by atoms with Gasteiger partial charge in [-0.05, 0) is 49.6 Å². The molecule has 1 unspecified atom stereocenters. The van der Waals surface area contributed by atoms with Crippen LogP contribution in [0.15, 0.2) is 47.8 Å². The predicted octanol–water partition coefficient (Wildman–Crippen LogP) is 5.53. The summed E-state index contributed by atoms with van der Waals surface area (Å²) in [7, 11) is 0. The second kappa shape index (κ2) is 12.9. The van der Waals surface area contributed by atoms with Gasteiger partial charge in [0.2, 0.25) is 5.91 Å². The average molecular weight is 500 g/mol. The van der Waals surface area contributed by atoms with E-state index in [9.17, 15) is 14.0 Å². The lowest BCUT2D eigenvalue weighted by atomic mass is 10.1. The van der Waals surface area contributed by atoms with Crippen LogP contribution in [0.25, 0.3) is 0 Å². The molecule has 9 heteroatoms. The molecular formula is C26H30FN3O4S. The Hall–Kier alpha value is -3.46. The summed E-state index contributed by atoms with van der Waals surface area (Å²) in [4.78, 5) is 29.2. The topological polar surface area (TPSA) is 89.6 Å². The van der Waals surface area contributed by atoms with Crippen molar-refractivity contribution in [2.45, 2.75) is 46.1 Å². The Morgan fingerprint density at radius 2 is 1.77 bits per heavy atom. The smallest absolute Gasteiger partial charge is 0.260 e. The first-order valence-electron chi connectivity index (χ1n) is 11.6. The minimum absolute atomic E-state index is 0.0489. The molecule has 35 heavy (non-hydrogen) atoms. The Morgan fingerprint density at radius 3 is 2.49 bits per heavy atom. The highest BCUT2D eigenvalue weighted by molar-refractivity contribution is 7.14. The van der Waals surface area contributed by atoms with Crippen LogP contribution in [-0.4, -0.2) is 30.0 Å². The maximum atomic E-state index is 13.8. The van der Waals surface area contributed by atoms with Gasteiger partial charge in [0.25, 0.3) is 5.91 Å². The monoisotopic (exact) mass is 499 g/mol. The zero-order valence-electron chi connectivity index (χ0n) is 20.1. The van der Waals surface area contributed by atoms with E-state index >= 15 is 0 Å². The first-order valence-corrected chi connectivity index (χ1v) is 12.5. The van der Waals surface area contributed by atoms with E-state index in [-0.39, 0.29) is 23.9 Å². The number of nitrogens with zero attached hydrogens (tertiary/aromatic N) is 1. The Morgan fingerprint density at radius 1 is 1.06 bits per heavy atom. The number of benzene rings is 2. The van der Waals surface area contributed by atoms with Gasteiger partial charge in [0.1, 0.15) is 5.82 Å². The third kappa shape index (κ3) is 7.51.